The van der Waals surface area contributed by atoms with Crippen molar-refractivity contribution in [1.29, 1.82) is 0 Å². The quantitative estimate of drug-likeness (QED) is 0.649. The van der Waals surface area contributed by atoms with Gasteiger partial charge in [0.2, 0.25) is 17.7 Å². The molecule has 1 aromatic carbocycles. The maximum atomic E-state index is 12.8. The van der Waals surface area contributed by atoms with Gasteiger partial charge in [-0.15, -0.1) is 10.2 Å². The molecule has 7 nitrogen and oxygen atoms in total. The predicted octanol–water partition coefficient (Wildman–Crippen LogP) is 3.30. The number of H-pyrrole nitrogens is 1. The number of halogens is 3. The Kier molecular flexibility index (Phi) is 6.00. The van der Waals surface area contributed by atoms with Crippen molar-refractivity contribution in [3.63, 3.8) is 0 Å². The van der Waals surface area contributed by atoms with E-state index in [9.17, 15) is 18.0 Å². The van der Waals surface area contributed by atoms with Gasteiger partial charge >= 0.3 is 6.18 Å². The molecule has 0 radical (unpaired) electrons. The first kappa shape index (κ1) is 20.6. The van der Waals surface area contributed by atoms with E-state index in [0.29, 0.717) is 12.1 Å². The lowest BCUT2D eigenvalue weighted by Gasteiger charge is -2.15. The van der Waals surface area contributed by atoms with Crippen molar-refractivity contribution in [3.05, 3.63) is 64.6 Å². The number of alkyl halides is 3. The Labute approximate surface area is 164 Å². The van der Waals surface area contributed by atoms with Crippen LogP contribution >= 0.6 is 0 Å². The van der Waals surface area contributed by atoms with Gasteiger partial charge in [0.1, 0.15) is 0 Å². The molecule has 3 rings (SSSR count). The van der Waals surface area contributed by atoms with Gasteiger partial charge in [-0.2, -0.15) is 18.3 Å². The predicted molar refractivity (Wildman–Crippen MR) is 96.7 cm³/mol. The SMILES string of the molecule is Cc1cc(CN(C)C(=O)CCc2nnc(Cc3cccc(C(F)(F)F)c3)o2)n[nH]1. The third-order valence-electron chi connectivity index (χ3n) is 4.25. The smallest absolute Gasteiger partial charge is 0.416 e. The van der Waals surface area contributed by atoms with Crippen LogP contribution in [-0.4, -0.2) is 38.2 Å². The molecule has 0 aliphatic carbocycles. The third-order valence-corrected chi connectivity index (χ3v) is 4.25. The zero-order valence-corrected chi connectivity index (χ0v) is 16.0. The van der Waals surface area contributed by atoms with Crippen molar-refractivity contribution < 1.29 is 22.4 Å². The number of carbonyl (C=O) groups is 1. The number of aromatic amines is 1. The Balaban J connectivity index is 1.53. The van der Waals surface area contributed by atoms with Gasteiger partial charge in [0.05, 0.1) is 24.2 Å². The summed E-state index contributed by atoms with van der Waals surface area (Å²) in [5, 5.41) is 14.6. The lowest BCUT2D eigenvalue weighted by molar-refractivity contribution is -0.137. The average Bonchev–Trinajstić information content (AvgIpc) is 3.28. The number of nitrogens with zero attached hydrogens (tertiary/aromatic N) is 4. The zero-order chi connectivity index (χ0) is 21.0. The Morgan fingerprint density at radius 2 is 1.97 bits per heavy atom. The van der Waals surface area contributed by atoms with E-state index >= 15 is 0 Å². The summed E-state index contributed by atoms with van der Waals surface area (Å²) in [6, 6.07) is 6.83. The summed E-state index contributed by atoms with van der Waals surface area (Å²) in [5.74, 6) is 0.361. The van der Waals surface area contributed by atoms with E-state index in [-0.39, 0.29) is 37.0 Å². The molecule has 2 aromatic heterocycles. The van der Waals surface area contributed by atoms with Crippen LogP contribution in [-0.2, 0) is 30.4 Å². The van der Waals surface area contributed by atoms with Crippen molar-refractivity contribution in [2.24, 2.45) is 0 Å². The van der Waals surface area contributed by atoms with Crippen LogP contribution in [0.2, 0.25) is 0 Å². The van der Waals surface area contributed by atoms with Crippen molar-refractivity contribution in [3.8, 4) is 0 Å². The molecule has 0 aliphatic rings. The summed E-state index contributed by atoms with van der Waals surface area (Å²) in [6.45, 7) is 2.26. The molecule has 0 saturated carbocycles. The van der Waals surface area contributed by atoms with Crippen molar-refractivity contribution in [1.82, 2.24) is 25.3 Å². The second-order valence-corrected chi connectivity index (χ2v) is 6.76. The molecule has 154 valence electrons. The number of aryl methyl sites for hydroxylation is 2. The fourth-order valence-electron chi connectivity index (χ4n) is 2.78. The standard InChI is InChI=1S/C19H20F3N5O2/c1-12-8-15(24-23-12)11-27(2)18(28)7-6-16-25-26-17(29-16)10-13-4-3-5-14(9-13)19(20,21)22/h3-5,8-9H,6-7,10-11H2,1-2H3,(H,23,24). The minimum absolute atomic E-state index is 0.0866. The highest BCUT2D eigenvalue weighted by atomic mass is 19.4. The molecule has 1 N–H and O–H groups in total. The van der Waals surface area contributed by atoms with E-state index in [2.05, 4.69) is 20.4 Å². The molecule has 0 aliphatic heterocycles. The highest BCUT2D eigenvalue weighted by Crippen LogP contribution is 2.29. The van der Waals surface area contributed by atoms with Crippen molar-refractivity contribution in [2.45, 2.75) is 38.9 Å². The molecular weight excluding hydrogens is 387 g/mol. The molecule has 0 unspecified atom stereocenters. The van der Waals surface area contributed by atoms with E-state index in [4.69, 9.17) is 4.42 Å². The lowest BCUT2D eigenvalue weighted by atomic mass is 10.1. The largest absolute Gasteiger partial charge is 0.425 e. The minimum Gasteiger partial charge on any atom is -0.425 e. The van der Waals surface area contributed by atoms with E-state index in [1.54, 1.807) is 18.0 Å². The van der Waals surface area contributed by atoms with Crippen LogP contribution in [0.3, 0.4) is 0 Å². The highest BCUT2D eigenvalue weighted by Gasteiger charge is 2.30. The summed E-state index contributed by atoms with van der Waals surface area (Å²) in [7, 11) is 1.68. The first-order chi connectivity index (χ1) is 13.7. The van der Waals surface area contributed by atoms with Gasteiger partial charge in [0.15, 0.2) is 0 Å². The monoisotopic (exact) mass is 407 g/mol. The highest BCUT2D eigenvalue weighted by molar-refractivity contribution is 5.75. The molecule has 1 amide bonds. The van der Waals surface area contributed by atoms with Gasteiger partial charge in [-0.1, -0.05) is 18.2 Å². The second-order valence-electron chi connectivity index (χ2n) is 6.76. The summed E-state index contributed by atoms with van der Waals surface area (Å²) >= 11 is 0. The fraction of sp³-hybridized carbons (Fsp3) is 0.368. The van der Waals surface area contributed by atoms with Crippen molar-refractivity contribution in [2.75, 3.05) is 7.05 Å². The molecular formula is C19H20F3N5O2. The topological polar surface area (TPSA) is 87.9 Å². The van der Waals surface area contributed by atoms with E-state index in [1.807, 2.05) is 13.0 Å². The number of rotatable bonds is 7. The molecule has 0 saturated heterocycles. The Morgan fingerprint density at radius 1 is 1.21 bits per heavy atom. The van der Waals surface area contributed by atoms with Gasteiger partial charge in [0, 0.05) is 25.6 Å². The van der Waals surface area contributed by atoms with Crippen LogP contribution in [0.1, 0.15) is 40.7 Å². The summed E-state index contributed by atoms with van der Waals surface area (Å²) in [4.78, 5) is 13.8. The minimum atomic E-state index is -4.41. The normalized spacial score (nSPS) is 11.6. The van der Waals surface area contributed by atoms with Crippen LogP contribution < -0.4 is 0 Å². The number of nitrogens with one attached hydrogen (secondary N) is 1. The van der Waals surface area contributed by atoms with E-state index < -0.39 is 11.7 Å². The first-order valence-corrected chi connectivity index (χ1v) is 8.93. The van der Waals surface area contributed by atoms with E-state index in [0.717, 1.165) is 23.5 Å². The zero-order valence-electron chi connectivity index (χ0n) is 16.0. The second kappa shape index (κ2) is 8.46. The van der Waals surface area contributed by atoms with Gasteiger partial charge in [0.25, 0.3) is 0 Å². The molecule has 0 atom stereocenters. The number of benzene rings is 1. The maximum Gasteiger partial charge on any atom is 0.416 e. The molecule has 0 fully saturated rings. The number of hydrogen-bond donors (Lipinski definition) is 1. The molecule has 0 bridgehead atoms. The molecule has 29 heavy (non-hydrogen) atoms. The Morgan fingerprint density at radius 3 is 2.66 bits per heavy atom. The first-order valence-electron chi connectivity index (χ1n) is 8.93. The van der Waals surface area contributed by atoms with Crippen LogP contribution in [0.15, 0.2) is 34.7 Å². The molecule has 2 heterocycles. The lowest BCUT2D eigenvalue weighted by Crippen LogP contribution is -2.26. The summed E-state index contributed by atoms with van der Waals surface area (Å²) in [6.07, 6.45) is -3.90. The fourth-order valence-corrected chi connectivity index (χ4v) is 2.78. The number of hydrogen-bond acceptors (Lipinski definition) is 5. The molecule has 10 heteroatoms. The van der Waals surface area contributed by atoms with Gasteiger partial charge in [-0.3, -0.25) is 9.89 Å². The maximum absolute atomic E-state index is 12.8. The Bertz CT molecular complexity index is 980. The van der Waals surface area contributed by atoms with Gasteiger partial charge in [-0.25, -0.2) is 0 Å². The van der Waals surface area contributed by atoms with Gasteiger partial charge < -0.3 is 9.32 Å². The number of aromatic nitrogens is 4. The average molecular weight is 407 g/mol. The Hall–Kier alpha value is -3.17. The third kappa shape index (κ3) is 5.66. The summed E-state index contributed by atoms with van der Waals surface area (Å²) < 4.78 is 43.9. The van der Waals surface area contributed by atoms with E-state index in [1.165, 1.54) is 6.07 Å². The van der Waals surface area contributed by atoms with Gasteiger partial charge in [-0.05, 0) is 24.6 Å². The van der Waals surface area contributed by atoms with Crippen LogP contribution in [0.25, 0.3) is 0 Å². The van der Waals surface area contributed by atoms with Crippen LogP contribution in [0.4, 0.5) is 13.2 Å². The van der Waals surface area contributed by atoms with Crippen LogP contribution in [0, 0.1) is 6.92 Å². The van der Waals surface area contributed by atoms with Crippen LogP contribution in [0.5, 0.6) is 0 Å². The molecule has 0 spiro atoms. The number of amides is 1. The molecule has 3 aromatic rings. The van der Waals surface area contributed by atoms with Crippen molar-refractivity contribution >= 4 is 5.91 Å². The number of carbonyl (C=O) groups excluding carboxylic acids is 1. The summed E-state index contributed by atoms with van der Waals surface area (Å²) in [5.41, 5.74) is 1.37.